The van der Waals surface area contributed by atoms with Crippen LogP contribution in [-0.4, -0.2) is 11.0 Å². The molecule has 0 aliphatic heterocycles. The van der Waals surface area contributed by atoms with Crippen LogP contribution < -0.4 is 5.73 Å². The van der Waals surface area contributed by atoms with Crippen LogP contribution in [0.3, 0.4) is 0 Å². The van der Waals surface area contributed by atoms with E-state index in [-0.39, 0.29) is 23.0 Å². The van der Waals surface area contributed by atoms with E-state index in [1.165, 1.54) is 12.3 Å². The molecule has 4 nitrogen and oxygen atoms in total. The topological polar surface area (TPSA) is 65.2 Å². The number of ether oxygens (including phenoxy) is 1. The Morgan fingerprint density at radius 1 is 1.26 bits per heavy atom. The zero-order valence-corrected chi connectivity index (χ0v) is 11.3. The van der Waals surface area contributed by atoms with E-state index >= 15 is 0 Å². The van der Waals surface area contributed by atoms with Crippen molar-refractivity contribution in [2.45, 2.75) is 6.61 Å². The van der Waals surface area contributed by atoms with E-state index in [1.807, 2.05) is 0 Å². The van der Waals surface area contributed by atoms with Gasteiger partial charge in [0.1, 0.15) is 11.8 Å². The van der Waals surface area contributed by atoms with Crippen LogP contribution in [0.1, 0.15) is 15.9 Å². The summed E-state index contributed by atoms with van der Waals surface area (Å²) in [5, 5.41) is 0.813. The lowest BCUT2D eigenvalue weighted by Crippen LogP contribution is -2.08. The summed E-state index contributed by atoms with van der Waals surface area (Å²) < 4.78 is 5.14. The second kappa shape index (κ2) is 5.91. The molecule has 0 saturated heterocycles. The van der Waals surface area contributed by atoms with Crippen molar-refractivity contribution in [1.29, 1.82) is 0 Å². The number of nitrogens with zero attached hydrogens (tertiary/aromatic N) is 1. The van der Waals surface area contributed by atoms with Gasteiger partial charge >= 0.3 is 5.97 Å². The molecule has 1 heterocycles. The van der Waals surface area contributed by atoms with Crippen LogP contribution in [0.4, 0.5) is 5.69 Å². The van der Waals surface area contributed by atoms with Gasteiger partial charge in [-0.25, -0.2) is 9.78 Å². The number of benzene rings is 1. The third-order valence-electron chi connectivity index (χ3n) is 2.40. The van der Waals surface area contributed by atoms with Gasteiger partial charge in [-0.05, 0) is 23.8 Å². The molecule has 1 aromatic heterocycles. The molecule has 19 heavy (non-hydrogen) atoms. The molecule has 2 rings (SSSR count). The predicted molar refractivity (Wildman–Crippen MR) is 74.2 cm³/mol. The van der Waals surface area contributed by atoms with Crippen molar-refractivity contribution in [2.24, 2.45) is 0 Å². The van der Waals surface area contributed by atoms with E-state index in [0.29, 0.717) is 5.02 Å². The van der Waals surface area contributed by atoms with Crippen molar-refractivity contribution in [1.82, 2.24) is 4.98 Å². The normalized spacial score (nSPS) is 10.2. The van der Waals surface area contributed by atoms with Crippen LogP contribution in [0.5, 0.6) is 0 Å². The highest BCUT2D eigenvalue weighted by Gasteiger charge is 2.12. The zero-order chi connectivity index (χ0) is 13.8. The number of anilines is 1. The molecule has 0 amide bonds. The highest BCUT2D eigenvalue weighted by Crippen LogP contribution is 2.17. The number of nitrogens with two attached hydrogens (primary N) is 1. The number of hydrogen-bond acceptors (Lipinski definition) is 4. The van der Waals surface area contributed by atoms with E-state index in [0.717, 1.165) is 5.56 Å². The van der Waals surface area contributed by atoms with Crippen molar-refractivity contribution in [3.05, 3.63) is 57.8 Å². The smallest absolute Gasteiger partial charge is 0.340 e. The number of nitrogen functional groups attached to an aromatic ring is 1. The molecule has 2 aromatic rings. The molecule has 0 unspecified atom stereocenters. The van der Waals surface area contributed by atoms with Crippen LogP contribution in [0.15, 0.2) is 36.5 Å². The highest BCUT2D eigenvalue weighted by atomic mass is 35.5. The number of hydrogen-bond donors (Lipinski definition) is 1. The number of carbonyl (C=O) groups is 1. The standard InChI is InChI=1S/C13H10Cl2N2O2/c14-9-3-1-8(2-4-9)7-19-13(18)10-5-12(15)17-6-11(10)16/h1-6H,7,16H2. The van der Waals surface area contributed by atoms with Gasteiger partial charge in [-0.15, -0.1) is 0 Å². The molecule has 0 aliphatic carbocycles. The van der Waals surface area contributed by atoms with Gasteiger partial charge in [0.25, 0.3) is 0 Å². The summed E-state index contributed by atoms with van der Waals surface area (Å²) in [5.41, 5.74) is 6.90. The molecule has 6 heteroatoms. The fraction of sp³-hybridized carbons (Fsp3) is 0.0769. The Morgan fingerprint density at radius 2 is 1.95 bits per heavy atom. The second-order valence-corrected chi connectivity index (χ2v) is 4.62. The van der Waals surface area contributed by atoms with Gasteiger partial charge in [-0.1, -0.05) is 35.3 Å². The van der Waals surface area contributed by atoms with Crippen LogP contribution >= 0.6 is 23.2 Å². The Kier molecular flexibility index (Phi) is 4.24. The molecule has 0 spiro atoms. The van der Waals surface area contributed by atoms with Crippen molar-refractivity contribution < 1.29 is 9.53 Å². The van der Waals surface area contributed by atoms with Crippen molar-refractivity contribution in [3.8, 4) is 0 Å². The van der Waals surface area contributed by atoms with Crippen LogP contribution in [0, 0.1) is 0 Å². The lowest BCUT2D eigenvalue weighted by molar-refractivity contribution is 0.0474. The highest BCUT2D eigenvalue weighted by molar-refractivity contribution is 6.30. The summed E-state index contributed by atoms with van der Waals surface area (Å²) in [6, 6.07) is 8.38. The lowest BCUT2D eigenvalue weighted by atomic mass is 10.2. The van der Waals surface area contributed by atoms with Gasteiger partial charge in [0.15, 0.2) is 0 Å². The third kappa shape index (κ3) is 3.59. The van der Waals surface area contributed by atoms with E-state index < -0.39 is 5.97 Å². The number of aromatic nitrogens is 1. The number of rotatable bonds is 3. The second-order valence-electron chi connectivity index (χ2n) is 3.80. The Hall–Kier alpha value is -1.78. The maximum absolute atomic E-state index is 11.8. The Labute approximate surface area is 120 Å². The SMILES string of the molecule is Nc1cnc(Cl)cc1C(=O)OCc1ccc(Cl)cc1. The molecular weight excluding hydrogens is 287 g/mol. The molecule has 0 bridgehead atoms. The maximum atomic E-state index is 11.8. The molecule has 0 atom stereocenters. The average Bonchev–Trinajstić information content (AvgIpc) is 2.40. The van der Waals surface area contributed by atoms with Gasteiger partial charge in [-0.2, -0.15) is 0 Å². The molecule has 2 N–H and O–H groups in total. The van der Waals surface area contributed by atoms with E-state index in [2.05, 4.69) is 4.98 Å². The van der Waals surface area contributed by atoms with E-state index in [4.69, 9.17) is 33.7 Å². The quantitative estimate of drug-likeness (QED) is 0.697. The first-order valence-corrected chi connectivity index (χ1v) is 6.14. The lowest BCUT2D eigenvalue weighted by Gasteiger charge is -2.07. The summed E-state index contributed by atoms with van der Waals surface area (Å²) in [5.74, 6) is -0.545. The van der Waals surface area contributed by atoms with Crippen molar-refractivity contribution in [3.63, 3.8) is 0 Å². The van der Waals surface area contributed by atoms with Crippen molar-refractivity contribution in [2.75, 3.05) is 5.73 Å². The largest absolute Gasteiger partial charge is 0.457 e. The molecule has 0 fully saturated rings. The third-order valence-corrected chi connectivity index (χ3v) is 2.86. The first kappa shape index (κ1) is 13.6. The van der Waals surface area contributed by atoms with Gasteiger partial charge in [0.05, 0.1) is 17.4 Å². The molecular formula is C13H10Cl2N2O2. The van der Waals surface area contributed by atoms with Crippen LogP contribution in [0.2, 0.25) is 10.2 Å². The average molecular weight is 297 g/mol. The minimum Gasteiger partial charge on any atom is -0.457 e. The first-order chi connectivity index (χ1) is 9.06. The maximum Gasteiger partial charge on any atom is 0.340 e. The van der Waals surface area contributed by atoms with Crippen molar-refractivity contribution >= 4 is 34.9 Å². The van der Waals surface area contributed by atoms with Gasteiger partial charge < -0.3 is 10.5 Å². The van der Waals surface area contributed by atoms with E-state index in [1.54, 1.807) is 24.3 Å². The number of carbonyl (C=O) groups excluding carboxylic acids is 1. The molecule has 98 valence electrons. The van der Waals surface area contributed by atoms with Gasteiger partial charge in [0.2, 0.25) is 0 Å². The Morgan fingerprint density at radius 3 is 2.63 bits per heavy atom. The summed E-state index contributed by atoms with van der Waals surface area (Å²) in [6.07, 6.45) is 1.32. The number of halogens is 2. The Balaban J connectivity index is 2.05. The fourth-order valence-electron chi connectivity index (χ4n) is 1.42. The van der Waals surface area contributed by atoms with E-state index in [9.17, 15) is 4.79 Å². The summed E-state index contributed by atoms with van der Waals surface area (Å²) in [6.45, 7) is 0.134. The minimum absolute atomic E-state index is 0.134. The number of pyridine rings is 1. The summed E-state index contributed by atoms with van der Waals surface area (Å²) in [7, 11) is 0. The Bertz CT molecular complexity index is 600. The van der Waals surface area contributed by atoms with Gasteiger partial charge in [0, 0.05) is 5.02 Å². The molecule has 0 saturated carbocycles. The molecule has 1 aromatic carbocycles. The number of esters is 1. The monoisotopic (exact) mass is 296 g/mol. The minimum atomic E-state index is -0.545. The summed E-state index contributed by atoms with van der Waals surface area (Å²) in [4.78, 5) is 15.6. The first-order valence-electron chi connectivity index (χ1n) is 5.39. The fourth-order valence-corrected chi connectivity index (χ4v) is 1.71. The zero-order valence-electron chi connectivity index (χ0n) is 9.77. The summed E-state index contributed by atoms with van der Waals surface area (Å²) >= 11 is 11.5. The van der Waals surface area contributed by atoms with Crippen LogP contribution in [0.25, 0.3) is 0 Å². The molecule has 0 radical (unpaired) electrons. The molecule has 0 aliphatic rings. The predicted octanol–water partition coefficient (Wildman–Crippen LogP) is 3.33. The van der Waals surface area contributed by atoms with Crippen LogP contribution in [-0.2, 0) is 11.3 Å². The van der Waals surface area contributed by atoms with Gasteiger partial charge in [-0.3, -0.25) is 0 Å².